The van der Waals surface area contributed by atoms with E-state index >= 15 is 0 Å². The Morgan fingerprint density at radius 3 is 2.32 bits per heavy atom. The molecule has 0 N–H and O–H groups in total. The van der Waals surface area contributed by atoms with Crippen molar-refractivity contribution in [2.75, 3.05) is 40.0 Å². The number of aryl methyl sites for hydroxylation is 1. The van der Waals surface area contributed by atoms with E-state index in [1.165, 1.54) is 5.56 Å². The van der Waals surface area contributed by atoms with Crippen molar-refractivity contribution < 1.29 is 17.1 Å². The lowest BCUT2D eigenvalue weighted by Crippen LogP contribution is -2.39. The Morgan fingerprint density at radius 1 is 1.11 bits per heavy atom. The quantitative estimate of drug-likeness (QED) is 0.415. The molecule has 5 heteroatoms. The van der Waals surface area contributed by atoms with Gasteiger partial charge in [0.1, 0.15) is 5.75 Å². The minimum atomic E-state index is -3.38. The van der Waals surface area contributed by atoms with Gasteiger partial charge in [0, 0.05) is 0 Å². The van der Waals surface area contributed by atoms with Crippen molar-refractivity contribution in [2.45, 2.75) is 12.8 Å². The summed E-state index contributed by atoms with van der Waals surface area (Å²) in [5.74, 6) is 0.0713. The molecular weight excluding hydrogens is 262 g/mol. The topological polar surface area (TPSA) is 43.4 Å². The van der Waals surface area contributed by atoms with E-state index in [1.54, 1.807) is 0 Å². The second-order valence-corrected chi connectivity index (χ2v) is 7.45. The Morgan fingerprint density at radius 2 is 1.74 bits per heavy atom. The molecule has 0 amide bonds. The van der Waals surface area contributed by atoms with Crippen LogP contribution in [0.3, 0.4) is 0 Å². The highest BCUT2D eigenvalue weighted by atomic mass is 32.2. The average molecular weight is 286 g/mol. The van der Waals surface area contributed by atoms with Crippen LogP contribution in [-0.4, -0.2) is 52.9 Å². The Labute approximate surface area is 116 Å². The number of quaternary nitrogens is 1. The molecule has 0 saturated heterocycles. The van der Waals surface area contributed by atoms with Crippen LogP contribution in [0, 0.1) is 0 Å². The number of benzene rings is 1. The molecule has 108 valence electrons. The van der Waals surface area contributed by atoms with E-state index < -0.39 is 10.1 Å². The summed E-state index contributed by atoms with van der Waals surface area (Å²) in [5.41, 5.74) is 1.20. The van der Waals surface area contributed by atoms with Gasteiger partial charge in [0.15, 0.2) is 0 Å². The Kier molecular flexibility index (Phi) is 5.97. The van der Waals surface area contributed by atoms with E-state index in [1.807, 2.05) is 51.5 Å². The number of nitrogens with zero attached hydrogens (tertiary/aromatic N) is 1. The van der Waals surface area contributed by atoms with Gasteiger partial charge in [-0.15, -0.1) is 0 Å². The van der Waals surface area contributed by atoms with E-state index in [2.05, 4.69) is 0 Å². The van der Waals surface area contributed by atoms with Gasteiger partial charge in [-0.05, 0) is 18.4 Å². The molecule has 0 unspecified atom stereocenters. The molecule has 1 aromatic rings. The monoisotopic (exact) mass is 286 g/mol. The van der Waals surface area contributed by atoms with Crippen molar-refractivity contribution in [2.24, 2.45) is 0 Å². The molecule has 0 aliphatic heterocycles. The van der Waals surface area contributed by atoms with Gasteiger partial charge in [-0.1, -0.05) is 30.3 Å². The maximum Gasteiger partial charge on any atom is 0.272 e. The summed E-state index contributed by atoms with van der Waals surface area (Å²) in [6, 6.07) is 9.99. The van der Waals surface area contributed by atoms with Crippen molar-refractivity contribution in [1.29, 1.82) is 0 Å². The van der Waals surface area contributed by atoms with Crippen LogP contribution in [0.25, 0.3) is 0 Å². The molecule has 0 atom stereocenters. The molecule has 1 aromatic carbocycles. The van der Waals surface area contributed by atoms with Crippen LogP contribution in [0.1, 0.15) is 12.0 Å². The largest absolute Gasteiger partial charge is 0.330 e. The fraction of sp³-hybridized carbons (Fsp3) is 0.571. The molecule has 19 heavy (non-hydrogen) atoms. The molecule has 4 nitrogen and oxygen atoms in total. The van der Waals surface area contributed by atoms with Gasteiger partial charge >= 0.3 is 0 Å². The molecule has 0 aliphatic carbocycles. The normalized spacial score (nSPS) is 12.6. The van der Waals surface area contributed by atoms with Crippen molar-refractivity contribution in [1.82, 2.24) is 0 Å². The van der Waals surface area contributed by atoms with E-state index in [-0.39, 0.29) is 12.4 Å². The van der Waals surface area contributed by atoms with Gasteiger partial charge in [-0.3, -0.25) is 4.18 Å². The lowest BCUT2D eigenvalue weighted by molar-refractivity contribution is -0.867. The molecule has 0 bridgehead atoms. The first kappa shape index (κ1) is 16.1. The standard InChI is InChI=1S/C14H24NO3S/c1-15(2,3)11-13-19(16,17)18-12-7-10-14-8-5-4-6-9-14/h4-6,8-9H,7,10-13H2,1-3H3/q+1. The number of rotatable bonds is 8. The zero-order valence-corrected chi connectivity index (χ0v) is 12.8. The summed E-state index contributed by atoms with van der Waals surface area (Å²) >= 11 is 0. The lowest BCUT2D eigenvalue weighted by Gasteiger charge is -2.23. The second kappa shape index (κ2) is 7.03. The number of hydrogen-bond acceptors (Lipinski definition) is 3. The fourth-order valence-corrected chi connectivity index (χ4v) is 2.81. The van der Waals surface area contributed by atoms with Crippen LogP contribution < -0.4 is 0 Å². The lowest BCUT2D eigenvalue weighted by atomic mass is 10.1. The molecule has 0 spiro atoms. The van der Waals surface area contributed by atoms with Crippen LogP contribution in [0.4, 0.5) is 0 Å². The van der Waals surface area contributed by atoms with Crippen LogP contribution in [0.2, 0.25) is 0 Å². The summed E-state index contributed by atoms with van der Waals surface area (Å²) in [4.78, 5) is 0. The SMILES string of the molecule is C[N+](C)(C)CCS(=O)(=O)OCCCc1ccccc1. The predicted molar refractivity (Wildman–Crippen MR) is 77.4 cm³/mol. The highest BCUT2D eigenvalue weighted by molar-refractivity contribution is 7.86. The van der Waals surface area contributed by atoms with E-state index in [0.29, 0.717) is 17.4 Å². The summed E-state index contributed by atoms with van der Waals surface area (Å²) < 4.78 is 28.9. The first-order chi connectivity index (χ1) is 8.79. The third-order valence-electron chi connectivity index (χ3n) is 2.73. The Bertz CT molecular complexity index is 463. The maximum atomic E-state index is 11.7. The molecule has 0 radical (unpaired) electrons. The van der Waals surface area contributed by atoms with E-state index in [4.69, 9.17) is 4.18 Å². The second-order valence-electron chi connectivity index (χ2n) is 5.69. The third kappa shape index (κ3) is 7.97. The molecule has 0 saturated carbocycles. The van der Waals surface area contributed by atoms with Crippen molar-refractivity contribution >= 4 is 10.1 Å². The van der Waals surface area contributed by atoms with Gasteiger partial charge in [0.05, 0.1) is 34.3 Å². The van der Waals surface area contributed by atoms with Gasteiger partial charge in [-0.2, -0.15) is 8.42 Å². The predicted octanol–water partition coefficient (Wildman–Crippen LogP) is 1.67. The summed E-state index contributed by atoms with van der Waals surface area (Å²) in [6.45, 7) is 0.815. The van der Waals surface area contributed by atoms with E-state index in [0.717, 1.165) is 6.42 Å². The highest BCUT2D eigenvalue weighted by Gasteiger charge is 2.17. The van der Waals surface area contributed by atoms with Gasteiger partial charge in [0.25, 0.3) is 10.1 Å². The zero-order valence-electron chi connectivity index (χ0n) is 12.0. The van der Waals surface area contributed by atoms with Gasteiger partial charge in [0.2, 0.25) is 0 Å². The fourth-order valence-electron chi connectivity index (χ4n) is 1.55. The first-order valence-corrected chi connectivity index (χ1v) is 8.08. The Balaban J connectivity index is 2.25. The van der Waals surface area contributed by atoms with Crippen molar-refractivity contribution in [3.05, 3.63) is 35.9 Å². The van der Waals surface area contributed by atoms with Crippen molar-refractivity contribution in [3.63, 3.8) is 0 Å². The summed E-state index contributed by atoms with van der Waals surface area (Å²) in [6.07, 6.45) is 1.55. The highest BCUT2D eigenvalue weighted by Crippen LogP contribution is 2.04. The molecule has 0 aromatic heterocycles. The molecule has 0 heterocycles. The van der Waals surface area contributed by atoms with Gasteiger partial charge < -0.3 is 4.48 Å². The minimum absolute atomic E-state index is 0.0713. The van der Waals surface area contributed by atoms with Crippen LogP contribution in [-0.2, 0) is 20.7 Å². The zero-order chi connectivity index (χ0) is 14.4. The van der Waals surface area contributed by atoms with E-state index in [9.17, 15) is 8.42 Å². The molecule has 0 aliphatic rings. The molecule has 1 rings (SSSR count). The average Bonchev–Trinajstić information content (AvgIpc) is 2.33. The van der Waals surface area contributed by atoms with Crippen LogP contribution in [0.15, 0.2) is 30.3 Å². The molecule has 0 fully saturated rings. The van der Waals surface area contributed by atoms with Crippen LogP contribution in [0.5, 0.6) is 0 Å². The summed E-state index contributed by atoms with van der Waals surface area (Å²) in [7, 11) is 2.50. The third-order valence-corrected chi connectivity index (χ3v) is 3.94. The van der Waals surface area contributed by atoms with Crippen LogP contribution >= 0.6 is 0 Å². The smallest absolute Gasteiger partial charge is 0.272 e. The maximum absolute atomic E-state index is 11.7. The molecular formula is C14H24NO3S+. The first-order valence-electron chi connectivity index (χ1n) is 6.50. The van der Waals surface area contributed by atoms with Crippen molar-refractivity contribution in [3.8, 4) is 0 Å². The Hall–Kier alpha value is -0.910. The van der Waals surface area contributed by atoms with Gasteiger partial charge in [-0.25, -0.2) is 0 Å². The number of hydrogen-bond donors (Lipinski definition) is 0. The minimum Gasteiger partial charge on any atom is -0.330 e. The summed E-state index contributed by atoms with van der Waals surface area (Å²) in [5, 5.41) is 0.